The van der Waals surface area contributed by atoms with Crippen molar-refractivity contribution in [2.45, 2.75) is 11.7 Å². The number of benzene rings is 2. The Morgan fingerprint density at radius 2 is 1.90 bits per heavy atom. The SMILES string of the molecule is O=C(CSc1nc2ccccc2c(=O)n1Cc1cccnc1)Nc1ccc(F)c(F)c1. The fraction of sp³-hybridized carbons (Fsp3) is 0.0909. The van der Waals surface area contributed by atoms with E-state index >= 15 is 0 Å². The second kappa shape index (κ2) is 9.05. The molecule has 9 heteroatoms. The number of nitrogens with zero attached hydrogens (tertiary/aromatic N) is 3. The Bertz CT molecular complexity index is 1310. The highest BCUT2D eigenvalue weighted by molar-refractivity contribution is 7.99. The molecule has 6 nitrogen and oxygen atoms in total. The summed E-state index contributed by atoms with van der Waals surface area (Å²) in [5, 5.41) is 3.35. The summed E-state index contributed by atoms with van der Waals surface area (Å²) >= 11 is 1.08. The highest BCUT2D eigenvalue weighted by Crippen LogP contribution is 2.20. The Balaban J connectivity index is 1.59. The minimum Gasteiger partial charge on any atom is -0.325 e. The van der Waals surface area contributed by atoms with Crippen molar-refractivity contribution in [1.29, 1.82) is 0 Å². The second-order valence-corrected chi connectivity index (χ2v) is 7.57. The Morgan fingerprint density at radius 1 is 1.06 bits per heavy atom. The summed E-state index contributed by atoms with van der Waals surface area (Å²) in [6, 6.07) is 13.7. The maximum Gasteiger partial charge on any atom is 0.262 e. The van der Waals surface area contributed by atoms with Crippen LogP contribution in [-0.2, 0) is 11.3 Å². The lowest BCUT2D eigenvalue weighted by Crippen LogP contribution is -2.25. The van der Waals surface area contributed by atoms with E-state index in [9.17, 15) is 18.4 Å². The van der Waals surface area contributed by atoms with Crippen LogP contribution in [0.15, 0.2) is 76.9 Å². The first-order valence-corrected chi connectivity index (χ1v) is 10.3. The topological polar surface area (TPSA) is 76.9 Å². The molecule has 4 rings (SSSR count). The Kier molecular flexibility index (Phi) is 6.03. The quantitative estimate of drug-likeness (QED) is 0.366. The minimum absolute atomic E-state index is 0.0726. The molecule has 2 aromatic heterocycles. The monoisotopic (exact) mass is 438 g/mol. The van der Waals surface area contributed by atoms with Crippen molar-refractivity contribution in [1.82, 2.24) is 14.5 Å². The van der Waals surface area contributed by atoms with Gasteiger partial charge in [-0.25, -0.2) is 13.8 Å². The van der Waals surface area contributed by atoms with Gasteiger partial charge in [0.05, 0.1) is 23.2 Å². The number of halogens is 2. The molecule has 0 aliphatic heterocycles. The van der Waals surface area contributed by atoms with Crippen molar-refractivity contribution in [2.75, 3.05) is 11.1 Å². The summed E-state index contributed by atoms with van der Waals surface area (Å²) in [5.41, 5.74) is 1.26. The Morgan fingerprint density at radius 3 is 2.68 bits per heavy atom. The van der Waals surface area contributed by atoms with Gasteiger partial charge in [0.25, 0.3) is 5.56 Å². The number of aromatic nitrogens is 3. The highest BCUT2D eigenvalue weighted by Gasteiger charge is 2.14. The van der Waals surface area contributed by atoms with Gasteiger partial charge in [-0.1, -0.05) is 30.0 Å². The largest absolute Gasteiger partial charge is 0.325 e. The van der Waals surface area contributed by atoms with Crippen molar-refractivity contribution < 1.29 is 13.6 Å². The van der Waals surface area contributed by atoms with Gasteiger partial charge in [-0.05, 0) is 35.9 Å². The lowest BCUT2D eigenvalue weighted by molar-refractivity contribution is -0.113. The zero-order valence-corrected chi connectivity index (χ0v) is 16.9. The van der Waals surface area contributed by atoms with E-state index in [1.807, 2.05) is 6.07 Å². The van der Waals surface area contributed by atoms with Crippen LogP contribution in [0.1, 0.15) is 5.56 Å². The molecule has 0 saturated carbocycles. The smallest absolute Gasteiger partial charge is 0.262 e. The maximum atomic E-state index is 13.3. The number of pyridine rings is 1. The number of fused-ring (bicyclic) bond motifs is 1. The van der Waals surface area contributed by atoms with Crippen molar-refractivity contribution in [3.05, 3.63) is 94.5 Å². The number of hydrogen-bond acceptors (Lipinski definition) is 5. The third-order valence-corrected chi connectivity index (χ3v) is 5.40. The molecule has 0 spiro atoms. The lowest BCUT2D eigenvalue weighted by Gasteiger charge is -2.13. The molecule has 2 heterocycles. The number of amides is 1. The summed E-state index contributed by atoms with van der Waals surface area (Å²) in [6.07, 6.45) is 3.30. The number of para-hydroxylation sites is 1. The van der Waals surface area contributed by atoms with Crippen LogP contribution in [0.5, 0.6) is 0 Å². The van der Waals surface area contributed by atoms with Crippen molar-refractivity contribution >= 4 is 34.3 Å². The molecule has 2 aromatic carbocycles. The Hall–Kier alpha value is -3.59. The zero-order valence-electron chi connectivity index (χ0n) is 16.1. The first-order valence-electron chi connectivity index (χ1n) is 9.27. The van der Waals surface area contributed by atoms with Crippen molar-refractivity contribution in [3.63, 3.8) is 0 Å². The molecule has 0 fully saturated rings. The molecule has 0 atom stereocenters. The molecule has 0 aliphatic rings. The molecule has 4 aromatic rings. The van der Waals surface area contributed by atoms with Crippen LogP contribution in [-0.4, -0.2) is 26.2 Å². The van der Waals surface area contributed by atoms with E-state index in [-0.39, 0.29) is 23.5 Å². The van der Waals surface area contributed by atoms with Gasteiger partial charge in [0.2, 0.25) is 5.91 Å². The number of rotatable bonds is 6. The second-order valence-electron chi connectivity index (χ2n) is 6.63. The van der Waals surface area contributed by atoms with E-state index in [2.05, 4.69) is 15.3 Å². The molecule has 156 valence electrons. The van der Waals surface area contributed by atoms with Crippen LogP contribution >= 0.6 is 11.8 Å². The molecular weight excluding hydrogens is 422 g/mol. The van der Waals surface area contributed by atoms with Crippen LogP contribution in [0.3, 0.4) is 0 Å². The number of carbonyl (C=O) groups excluding carboxylic acids is 1. The van der Waals surface area contributed by atoms with Gasteiger partial charge in [-0.15, -0.1) is 0 Å². The highest BCUT2D eigenvalue weighted by atomic mass is 32.2. The van der Waals surface area contributed by atoms with Gasteiger partial charge in [0.15, 0.2) is 16.8 Å². The Labute approximate surface area is 180 Å². The third-order valence-electron chi connectivity index (χ3n) is 4.43. The predicted molar refractivity (Wildman–Crippen MR) is 115 cm³/mol. The van der Waals surface area contributed by atoms with Gasteiger partial charge in [0.1, 0.15) is 0 Å². The van der Waals surface area contributed by atoms with Crippen LogP contribution in [0.2, 0.25) is 0 Å². The standard InChI is InChI=1S/C22H16F2N4O2S/c23-17-8-7-15(10-18(17)24)26-20(29)13-31-22-27-19-6-2-1-5-16(19)21(30)28(22)12-14-4-3-9-25-11-14/h1-11H,12-13H2,(H,26,29). The summed E-state index contributed by atoms with van der Waals surface area (Å²) in [4.78, 5) is 34.0. The molecule has 0 saturated heterocycles. The number of carbonyl (C=O) groups is 1. The molecule has 0 unspecified atom stereocenters. The van der Waals surface area contributed by atoms with Crippen molar-refractivity contribution in [3.8, 4) is 0 Å². The van der Waals surface area contributed by atoms with E-state index in [0.717, 1.165) is 29.5 Å². The first-order chi connectivity index (χ1) is 15.0. The van der Waals surface area contributed by atoms with E-state index in [1.165, 1.54) is 10.6 Å². The van der Waals surface area contributed by atoms with Crippen LogP contribution < -0.4 is 10.9 Å². The minimum atomic E-state index is -1.05. The first kappa shape index (κ1) is 20.7. The van der Waals surface area contributed by atoms with Gasteiger partial charge in [-0.2, -0.15) is 0 Å². The molecule has 0 aliphatic carbocycles. The molecule has 31 heavy (non-hydrogen) atoms. The van der Waals surface area contributed by atoms with Crippen LogP contribution in [0.4, 0.5) is 14.5 Å². The molecular formula is C22H16F2N4O2S. The van der Waals surface area contributed by atoms with Gasteiger partial charge in [-0.3, -0.25) is 19.1 Å². The van der Waals surface area contributed by atoms with Crippen molar-refractivity contribution in [2.24, 2.45) is 0 Å². The summed E-state index contributed by atoms with van der Waals surface area (Å²) in [7, 11) is 0. The fourth-order valence-corrected chi connectivity index (χ4v) is 3.77. The normalized spacial score (nSPS) is 10.9. The number of hydrogen-bond donors (Lipinski definition) is 1. The predicted octanol–water partition coefficient (Wildman–Crippen LogP) is 3.85. The lowest BCUT2D eigenvalue weighted by atomic mass is 10.2. The summed E-state index contributed by atoms with van der Waals surface area (Å²) < 4.78 is 27.9. The number of nitrogens with one attached hydrogen (secondary N) is 1. The zero-order chi connectivity index (χ0) is 21.8. The molecule has 0 bridgehead atoms. The van der Waals surface area contributed by atoms with E-state index in [4.69, 9.17) is 0 Å². The summed E-state index contributed by atoms with van der Waals surface area (Å²) in [6.45, 7) is 0.248. The van der Waals surface area contributed by atoms with E-state index in [0.29, 0.717) is 16.1 Å². The maximum absolute atomic E-state index is 13.3. The summed E-state index contributed by atoms with van der Waals surface area (Å²) in [5.74, 6) is -2.55. The molecule has 0 radical (unpaired) electrons. The van der Waals surface area contributed by atoms with Gasteiger partial charge >= 0.3 is 0 Å². The van der Waals surface area contributed by atoms with E-state index < -0.39 is 17.5 Å². The number of anilines is 1. The van der Waals surface area contributed by atoms with Gasteiger partial charge in [0, 0.05) is 24.1 Å². The third kappa shape index (κ3) is 4.77. The van der Waals surface area contributed by atoms with Gasteiger partial charge < -0.3 is 5.32 Å². The number of thioether (sulfide) groups is 1. The fourth-order valence-electron chi connectivity index (χ4n) is 2.97. The van der Waals surface area contributed by atoms with Crippen LogP contribution in [0, 0.1) is 11.6 Å². The van der Waals surface area contributed by atoms with Crippen LogP contribution in [0.25, 0.3) is 10.9 Å². The van der Waals surface area contributed by atoms with E-state index in [1.54, 1.807) is 42.7 Å². The molecule has 1 amide bonds. The average Bonchev–Trinajstić information content (AvgIpc) is 2.78. The average molecular weight is 438 g/mol. The molecule has 1 N–H and O–H groups in total.